The molecular weight excluding hydrogens is 374 g/mol. The number of halogens is 4. The summed E-state index contributed by atoms with van der Waals surface area (Å²) in [7, 11) is 0. The summed E-state index contributed by atoms with van der Waals surface area (Å²) in [6, 6.07) is 0. The third-order valence-electron chi connectivity index (χ3n) is 2.23. The molecule has 0 atom stereocenters. The van der Waals surface area contributed by atoms with Crippen molar-refractivity contribution < 1.29 is 17.9 Å². The normalized spacial score (nSPS) is 12.2. The fraction of sp³-hybridized carbons (Fsp3) is 0.636. The Morgan fingerprint density at radius 2 is 1.95 bits per heavy atom. The SMILES string of the molecule is CC(C)c1nc(CCOCC(F)(F)F)nc(N)c1I. The number of nitrogens with zero attached hydrogens (tertiary/aromatic N) is 2. The Bertz CT molecular complexity index is 438. The lowest BCUT2D eigenvalue weighted by Crippen LogP contribution is -2.18. The second-order valence-electron chi connectivity index (χ2n) is 4.30. The average Bonchev–Trinajstić information content (AvgIpc) is 2.27. The smallest absolute Gasteiger partial charge is 0.383 e. The summed E-state index contributed by atoms with van der Waals surface area (Å²) in [4.78, 5) is 8.35. The molecule has 0 aliphatic rings. The van der Waals surface area contributed by atoms with E-state index < -0.39 is 12.8 Å². The fourth-order valence-corrected chi connectivity index (χ4v) is 2.24. The van der Waals surface area contributed by atoms with Gasteiger partial charge in [0.1, 0.15) is 18.2 Å². The van der Waals surface area contributed by atoms with Crippen molar-refractivity contribution in [2.45, 2.75) is 32.4 Å². The Morgan fingerprint density at radius 1 is 1.32 bits per heavy atom. The molecule has 1 aromatic heterocycles. The first-order chi connectivity index (χ1) is 8.70. The Morgan fingerprint density at radius 3 is 2.47 bits per heavy atom. The van der Waals surface area contributed by atoms with Crippen molar-refractivity contribution in [3.8, 4) is 0 Å². The summed E-state index contributed by atoms with van der Waals surface area (Å²) < 4.78 is 41.0. The molecule has 0 saturated carbocycles. The first-order valence-electron chi connectivity index (χ1n) is 5.67. The lowest BCUT2D eigenvalue weighted by molar-refractivity contribution is -0.173. The van der Waals surface area contributed by atoms with E-state index in [2.05, 4.69) is 37.3 Å². The van der Waals surface area contributed by atoms with Gasteiger partial charge in [0.15, 0.2) is 0 Å². The van der Waals surface area contributed by atoms with E-state index in [4.69, 9.17) is 5.73 Å². The van der Waals surface area contributed by atoms with Gasteiger partial charge < -0.3 is 10.5 Å². The number of anilines is 1. The van der Waals surface area contributed by atoms with Crippen molar-refractivity contribution in [3.05, 3.63) is 15.1 Å². The first-order valence-corrected chi connectivity index (χ1v) is 6.75. The molecule has 2 N–H and O–H groups in total. The van der Waals surface area contributed by atoms with Gasteiger partial charge in [0, 0.05) is 6.42 Å². The van der Waals surface area contributed by atoms with Gasteiger partial charge >= 0.3 is 6.18 Å². The minimum absolute atomic E-state index is 0.0862. The summed E-state index contributed by atoms with van der Waals surface area (Å²) in [5.74, 6) is 0.931. The summed E-state index contributed by atoms with van der Waals surface area (Å²) in [6.45, 7) is 2.59. The van der Waals surface area contributed by atoms with Crippen molar-refractivity contribution in [1.82, 2.24) is 9.97 Å². The minimum Gasteiger partial charge on any atom is -0.383 e. The Balaban J connectivity index is 2.64. The lowest BCUT2D eigenvalue weighted by atomic mass is 10.1. The van der Waals surface area contributed by atoms with E-state index in [0.29, 0.717) is 11.6 Å². The highest BCUT2D eigenvalue weighted by Crippen LogP contribution is 2.23. The first kappa shape index (κ1) is 16.4. The molecule has 0 radical (unpaired) electrons. The molecule has 1 rings (SSSR count). The van der Waals surface area contributed by atoms with Gasteiger partial charge in [0.25, 0.3) is 0 Å². The molecule has 1 aromatic rings. The maximum Gasteiger partial charge on any atom is 0.411 e. The second-order valence-corrected chi connectivity index (χ2v) is 5.38. The Kier molecular flexibility index (Phi) is 5.78. The molecule has 8 heteroatoms. The lowest BCUT2D eigenvalue weighted by Gasteiger charge is -2.12. The summed E-state index contributed by atoms with van der Waals surface area (Å²) >= 11 is 2.06. The molecule has 0 unspecified atom stereocenters. The number of alkyl halides is 3. The van der Waals surface area contributed by atoms with E-state index in [1.165, 1.54) is 0 Å². The van der Waals surface area contributed by atoms with E-state index in [0.717, 1.165) is 9.26 Å². The van der Waals surface area contributed by atoms with Crippen LogP contribution >= 0.6 is 22.6 Å². The maximum atomic E-state index is 11.9. The van der Waals surface area contributed by atoms with E-state index in [1.54, 1.807) is 0 Å². The summed E-state index contributed by atoms with van der Waals surface area (Å²) in [5, 5.41) is 0. The predicted molar refractivity (Wildman–Crippen MR) is 73.8 cm³/mol. The van der Waals surface area contributed by atoms with Crippen molar-refractivity contribution in [2.75, 3.05) is 18.9 Å². The number of hydrogen-bond acceptors (Lipinski definition) is 4. The van der Waals surface area contributed by atoms with Crippen LogP contribution in [-0.4, -0.2) is 29.4 Å². The van der Waals surface area contributed by atoms with Crippen LogP contribution in [-0.2, 0) is 11.2 Å². The average molecular weight is 389 g/mol. The number of nitrogen functional groups attached to an aromatic ring is 1. The molecule has 0 fully saturated rings. The second kappa shape index (κ2) is 6.69. The molecule has 0 bridgehead atoms. The van der Waals surface area contributed by atoms with Gasteiger partial charge in [0.05, 0.1) is 15.9 Å². The van der Waals surface area contributed by atoms with Gasteiger partial charge in [-0.2, -0.15) is 13.2 Å². The van der Waals surface area contributed by atoms with Gasteiger partial charge in [-0.1, -0.05) is 13.8 Å². The zero-order valence-corrected chi connectivity index (χ0v) is 12.7. The summed E-state index contributed by atoms with van der Waals surface area (Å²) in [5.41, 5.74) is 6.56. The van der Waals surface area contributed by atoms with Gasteiger partial charge in [-0.15, -0.1) is 0 Å². The minimum atomic E-state index is -4.31. The monoisotopic (exact) mass is 389 g/mol. The highest BCUT2D eigenvalue weighted by Gasteiger charge is 2.27. The third-order valence-corrected chi connectivity index (χ3v) is 3.34. The summed E-state index contributed by atoms with van der Waals surface area (Å²) in [6.07, 6.45) is -4.11. The quantitative estimate of drug-likeness (QED) is 0.622. The number of hydrogen-bond donors (Lipinski definition) is 1. The Labute approximate surface area is 123 Å². The zero-order chi connectivity index (χ0) is 14.6. The predicted octanol–water partition coefficient (Wildman–Crippen LogP) is 2.91. The van der Waals surface area contributed by atoms with Crippen molar-refractivity contribution in [2.24, 2.45) is 0 Å². The third kappa shape index (κ3) is 5.47. The van der Waals surface area contributed by atoms with Crippen molar-refractivity contribution >= 4 is 28.4 Å². The highest BCUT2D eigenvalue weighted by atomic mass is 127. The van der Waals surface area contributed by atoms with Crippen LogP contribution in [0.2, 0.25) is 0 Å². The standard InChI is InChI=1S/C11H15F3IN3O/c1-6(2)9-8(15)10(16)18-7(17-9)3-4-19-5-11(12,13)14/h6H,3-5H2,1-2H3,(H2,16,17,18). The molecular formula is C11H15F3IN3O. The van der Waals surface area contributed by atoms with Crippen LogP contribution < -0.4 is 5.73 Å². The molecule has 0 aliphatic carbocycles. The van der Waals surface area contributed by atoms with E-state index in [-0.39, 0.29) is 18.9 Å². The van der Waals surface area contributed by atoms with E-state index >= 15 is 0 Å². The van der Waals surface area contributed by atoms with Gasteiger partial charge in [-0.25, -0.2) is 9.97 Å². The topological polar surface area (TPSA) is 61.0 Å². The zero-order valence-electron chi connectivity index (χ0n) is 10.6. The molecule has 0 aliphatic heterocycles. The van der Waals surface area contributed by atoms with E-state index in [9.17, 15) is 13.2 Å². The molecule has 0 saturated heterocycles. The molecule has 108 valence electrons. The van der Waals surface area contributed by atoms with Crippen LogP contribution in [0.3, 0.4) is 0 Å². The van der Waals surface area contributed by atoms with Crippen molar-refractivity contribution in [3.63, 3.8) is 0 Å². The van der Waals surface area contributed by atoms with Crippen LogP contribution in [0.5, 0.6) is 0 Å². The molecule has 19 heavy (non-hydrogen) atoms. The largest absolute Gasteiger partial charge is 0.411 e. The van der Waals surface area contributed by atoms with E-state index in [1.807, 2.05) is 13.8 Å². The number of aromatic nitrogens is 2. The maximum absolute atomic E-state index is 11.9. The van der Waals surface area contributed by atoms with Crippen LogP contribution in [0.15, 0.2) is 0 Å². The molecule has 0 amide bonds. The molecule has 0 spiro atoms. The number of rotatable bonds is 5. The number of ether oxygens (including phenoxy) is 1. The Hall–Kier alpha value is -0.640. The van der Waals surface area contributed by atoms with Gasteiger partial charge in [-0.05, 0) is 28.5 Å². The van der Waals surface area contributed by atoms with Gasteiger partial charge in [0.2, 0.25) is 0 Å². The van der Waals surface area contributed by atoms with Gasteiger partial charge in [-0.3, -0.25) is 0 Å². The highest BCUT2D eigenvalue weighted by molar-refractivity contribution is 14.1. The molecule has 1 heterocycles. The van der Waals surface area contributed by atoms with Crippen molar-refractivity contribution in [1.29, 1.82) is 0 Å². The number of nitrogens with two attached hydrogens (primary N) is 1. The molecule has 4 nitrogen and oxygen atoms in total. The van der Waals surface area contributed by atoms with Crippen LogP contribution in [0.25, 0.3) is 0 Å². The van der Waals surface area contributed by atoms with Crippen LogP contribution in [0, 0.1) is 3.57 Å². The van der Waals surface area contributed by atoms with Crippen LogP contribution in [0.1, 0.15) is 31.3 Å². The fourth-order valence-electron chi connectivity index (χ4n) is 1.38. The van der Waals surface area contributed by atoms with Crippen LogP contribution in [0.4, 0.5) is 19.0 Å². The molecule has 0 aromatic carbocycles.